The number of ether oxygens (including phenoxy) is 1. The molecule has 2 aromatic rings. The van der Waals surface area contributed by atoms with Crippen molar-refractivity contribution in [1.82, 2.24) is 10.6 Å². The van der Waals surface area contributed by atoms with E-state index < -0.39 is 12.1 Å². The summed E-state index contributed by atoms with van der Waals surface area (Å²) in [6.07, 6.45) is 3.77. The molecule has 2 aromatic carbocycles. The van der Waals surface area contributed by atoms with Crippen molar-refractivity contribution in [3.05, 3.63) is 71.8 Å². The van der Waals surface area contributed by atoms with Gasteiger partial charge in [-0.25, -0.2) is 9.59 Å². The molecule has 1 atom stereocenters. The van der Waals surface area contributed by atoms with E-state index in [1.54, 1.807) is 0 Å². The van der Waals surface area contributed by atoms with Gasteiger partial charge in [-0.1, -0.05) is 68.5 Å². The van der Waals surface area contributed by atoms with E-state index in [1.807, 2.05) is 24.3 Å². The molecular formula is C28H34N2O5. The van der Waals surface area contributed by atoms with Gasteiger partial charge in [-0.3, -0.25) is 4.79 Å². The SMILES string of the molecule is CC(C)C(CCNC(=O)OCC1c2ccccc2-c2ccccc21)CCC(=O)NC/C=C/C(=O)O. The first-order valence-electron chi connectivity index (χ1n) is 12.1. The Balaban J connectivity index is 1.41. The minimum absolute atomic E-state index is 0.0282. The highest BCUT2D eigenvalue weighted by Gasteiger charge is 2.29. The number of alkyl carbamates (subject to hydrolysis) is 1. The first-order chi connectivity index (χ1) is 16.9. The highest BCUT2D eigenvalue weighted by Crippen LogP contribution is 2.44. The van der Waals surface area contributed by atoms with E-state index >= 15 is 0 Å². The number of nitrogens with one attached hydrogen (secondary N) is 2. The van der Waals surface area contributed by atoms with Crippen LogP contribution in [-0.2, 0) is 14.3 Å². The molecule has 3 rings (SSSR count). The van der Waals surface area contributed by atoms with Gasteiger partial charge in [0, 0.05) is 31.5 Å². The van der Waals surface area contributed by atoms with E-state index in [9.17, 15) is 14.4 Å². The molecule has 0 bridgehead atoms. The first kappa shape index (κ1) is 26.0. The Bertz CT molecular complexity index is 1020. The molecule has 0 fully saturated rings. The van der Waals surface area contributed by atoms with Crippen molar-refractivity contribution < 1.29 is 24.2 Å². The molecule has 1 aliphatic rings. The van der Waals surface area contributed by atoms with Crippen molar-refractivity contribution >= 4 is 18.0 Å². The smallest absolute Gasteiger partial charge is 0.407 e. The van der Waals surface area contributed by atoms with Gasteiger partial charge in [0.1, 0.15) is 6.61 Å². The zero-order valence-corrected chi connectivity index (χ0v) is 20.3. The second kappa shape index (κ2) is 12.7. The standard InChI is InChI=1S/C28H34N2O5/c1-19(2)20(13-14-26(31)29-16-7-12-27(32)33)15-17-30-28(34)35-18-25-23-10-5-3-8-21(23)22-9-4-6-11-24(22)25/h3-12,19-20,25H,13-18H2,1-2H3,(H,29,31)(H,30,34)(H,32,33)/b12-7+. The van der Waals surface area contributed by atoms with Gasteiger partial charge in [-0.15, -0.1) is 0 Å². The molecule has 0 spiro atoms. The Kier molecular flexibility index (Phi) is 9.47. The third-order valence-corrected chi connectivity index (χ3v) is 6.49. The number of carboxylic acid groups (broad SMARTS) is 1. The normalized spacial score (nSPS) is 13.3. The number of amides is 2. The number of carboxylic acids is 1. The summed E-state index contributed by atoms with van der Waals surface area (Å²) in [6.45, 7) is 5.16. The van der Waals surface area contributed by atoms with Crippen molar-refractivity contribution in [3.63, 3.8) is 0 Å². The van der Waals surface area contributed by atoms with Crippen LogP contribution in [0, 0.1) is 11.8 Å². The molecule has 186 valence electrons. The summed E-state index contributed by atoms with van der Waals surface area (Å²) < 4.78 is 5.59. The van der Waals surface area contributed by atoms with Crippen molar-refractivity contribution in [2.75, 3.05) is 19.7 Å². The van der Waals surface area contributed by atoms with E-state index in [2.05, 4.69) is 48.7 Å². The first-order valence-corrected chi connectivity index (χ1v) is 12.1. The number of carbonyl (C=O) groups excluding carboxylic acids is 2. The third-order valence-electron chi connectivity index (χ3n) is 6.49. The van der Waals surface area contributed by atoms with Crippen molar-refractivity contribution in [3.8, 4) is 11.1 Å². The number of hydrogen-bond acceptors (Lipinski definition) is 4. The monoisotopic (exact) mass is 478 g/mol. The fraction of sp³-hybridized carbons (Fsp3) is 0.393. The summed E-state index contributed by atoms with van der Waals surface area (Å²) in [5.74, 6) is -0.498. The quantitative estimate of drug-likeness (QED) is 0.383. The number of rotatable bonds is 12. The molecule has 3 N–H and O–H groups in total. The van der Waals surface area contributed by atoms with E-state index in [0.29, 0.717) is 25.3 Å². The largest absolute Gasteiger partial charge is 0.478 e. The van der Waals surface area contributed by atoms with Gasteiger partial charge in [-0.2, -0.15) is 0 Å². The average molecular weight is 479 g/mol. The fourth-order valence-corrected chi connectivity index (χ4v) is 4.56. The number of hydrogen-bond donors (Lipinski definition) is 3. The van der Waals surface area contributed by atoms with Crippen LogP contribution in [0.3, 0.4) is 0 Å². The van der Waals surface area contributed by atoms with Crippen LogP contribution in [0.2, 0.25) is 0 Å². The van der Waals surface area contributed by atoms with Crippen LogP contribution >= 0.6 is 0 Å². The third kappa shape index (κ3) is 7.44. The van der Waals surface area contributed by atoms with E-state index in [-0.39, 0.29) is 30.9 Å². The van der Waals surface area contributed by atoms with Crippen LogP contribution in [0.5, 0.6) is 0 Å². The lowest BCUT2D eigenvalue weighted by molar-refractivity contribution is -0.131. The molecule has 0 saturated heterocycles. The number of carbonyl (C=O) groups is 3. The maximum Gasteiger partial charge on any atom is 0.407 e. The predicted molar refractivity (Wildman–Crippen MR) is 135 cm³/mol. The molecule has 1 unspecified atom stereocenters. The molecule has 0 aromatic heterocycles. The molecule has 0 aliphatic heterocycles. The maximum absolute atomic E-state index is 12.4. The molecular weight excluding hydrogens is 444 g/mol. The number of aliphatic carboxylic acids is 1. The van der Waals surface area contributed by atoms with E-state index in [4.69, 9.17) is 9.84 Å². The highest BCUT2D eigenvalue weighted by molar-refractivity contribution is 5.80. The minimum atomic E-state index is -1.04. The molecule has 1 aliphatic carbocycles. The zero-order valence-electron chi connectivity index (χ0n) is 20.3. The van der Waals surface area contributed by atoms with E-state index in [0.717, 1.165) is 12.5 Å². The van der Waals surface area contributed by atoms with Gasteiger partial charge >= 0.3 is 12.1 Å². The van der Waals surface area contributed by atoms with Gasteiger partial charge in [0.2, 0.25) is 5.91 Å². The Morgan fingerprint density at radius 2 is 1.60 bits per heavy atom. The topological polar surface area (TPSA) is 105 Å². The van der Waals surface area contributed by atoms with Crippen LogP contribution in [0.25, 0.3) is 11.1 Å². The molecule has 0 heterocycles. The van der Waals surface area contributed by atoms with Crippen molar-refractivity contribution in [2.24, 2.45) is 11.8 Å². The summed E-state index contributed by atoms with van der Waals surface area (Å²) in [5, 5.41) is 14.1. The lowest BCUT2D eigenvalue weighted by Crippen LogP contribution is -2.29. The molecule has 2 amide bonds. The van der Waals surface area contributed by atoms with Gasteiger partial charge < -0.3 is 20.5 Å². The van der Waals surface area contributed by atoms with Crippen LogP contribution in [0.15, 0.2) is 60.7 Å². The zero-order chi connectivity index (χ0) is 25.2. The molecule has 35 heavy (non-hydrogen) atoms. The number of benzene rings is 2. The van der Waals surface area contributed by atoms with Crippen LogP contribution in [0.4, 0.5) is 4.79 Å². The van der Waals surface area contributed by atoms with Crippen LogP contribution in [-0.4, -0.2) is 42.8 Å². The van der Waals surface area contributed by atoms with Crippen molar-refractivity contribution in [1.29, 1.82) is 0 Å². The van der Waals surface area contributed by atoms with Crippen molar-refractivity contribution in [2.45, 2.75) is 39.0 Å². The summed E-state index contributed by atoms with van der Waals surface area (Å²) in [5.41, 5.74) is 4.74. The molecule has 7 heteroatoms. The van der Waals surface area contributed by atoms with Gasteiger partial charge in [-0.05, 0) is 46.9 Å². The Labute approximate surface area is 206 Å². The minimum Gasteiger partial charge on any atom is -0.478 e. The average Bonchev–Trinajstić information content (AvgIpc) is 3.16. The van der Waals surface area contributed by atoms with Crippen LogP contribution < -0.4 is 10.6 Å². The predicted octanol–water partition coefficient (Wildman–Crippen LogP) is 4.72. The van der Waals surface area contributed by atoms with Gasteiger partial charge in [0.05, 0.1) is 0 Å². The Morgan fingerprint density at radius 1 is 0.971 bits per heavy atom. The summed E-state index contributed by atoms with van der Waals surface area (Å²) in [7, 11) is 0. The number of fused-ring (bicyclic) bond motifs is 3. The Hall–Kier alpha value is -3.61. The fourth-order valence-electron chi connectivity index (χ4n) is 4.56. The summed E-state index contributed by atoms with van der Waals surface area (Å²) in [6, 6.07) is 16.5. The van der Waals surface area contributed by atoms with Crippen LogP contribution in [0.1, 0.15) is 50.2 Å². The molecule has 0 radical (unpaired) electrons. The van der Waals surface area contributed by atoms with Gasteiger partial charge in [0.15, 0.2) is 0 Å². The molecule has 7 nitrogen and oxygen atoms in total. The Morgan fingerprint density at radius 3 is 2.20 bits per heavy atom. The highest BCUT2D eigenvalue weighted by atomic mass is 16.5. The van der Waals surface area contributed by atoms with E-state index in [1.165, 1.54) is 28.3 Å². The molecule has 0 saturated carbocycles. The second-order valence-electron chi connectivity index (χ2n) is 9.13. The lowest BCUT2D eigenvalue weighted by atomic mass is 9.88. The summed E-state index contributed by atoms with van der Waals surface area (Å²) >= 11 is 0. The summed E-state index contributed by atoms with van der Waals surface area (Å²) in [4.78, 5) is 34.8. The van der Waals surface area contributed by atoms with Gasteiger partial charge in [0.25, 0.3) is 0 Å². The lowest BCUT2D eigenvalue weighted by Gasteiger charge is -2.21. The second-order valence-corrected chi connectivity index (χ2v) is 9.13. The maximum atomic E-state index is 12.4.